The van der Waals surface area contributed by atoms with Crippen molar-refractivity contribution in [2.75, 3.05) is 39.5 Å². The zero-order chi connectivity index (χ0) is 11.1. The molecule has 0 aromatic carbocycles. The molecule has 0 amide bonds. The maximum absolute atomic E-state index is 9.89. The second kappa shape index (κ2) is 6.43. The lowest BCUT2D eigenvalue weighted by Crippen LogP contribution is -2.31. The Hall–Kier alpha value is -0.160. The molecule has 1 saturated heterocycles. The van der Waals surface area contributed by atoms with Crippen molar-refractivity contribution in [1.29, 1.82) is 0 Å². The van der Waals surface area contributed by atoms with Crippen LogP contribution >= 0.6 is 0 Å². The normalized spacial score (nSPS) is 29.0. The summed E-state index contributed by atoms with van der Waals surface area (Å²) >= 11 is 0. The number of nitrogens with zero attached hydrogens (tertiary/aromatic N) is 1. The first-order chi connectivity index (χ1) is 7.14. The molecule has 1 atom stereocenters. The summed E-state index contributed by atoms with van der Waals surface area (Å²) in [4.78, 5) is 2.32. The molecule has 90 valence electrons. The number of aliphatic hydroxyl groups is 2. The summed E-state index contributed by atoms with van der Waals surface area (Å²) in [6.07, 6.45) is 2.78. The Labute approximate surface area is 91.8 Å². The van der Waals surface area contributed by atoms with Gasteiger partial charge in [0.25, 0.3) is 0 Å². The summed E-state index contributed by atoms with van der Waals surface area (Å²) in [5.74, 6) is 0. The third-order valence-corrected chi connectivity index (χ3v) is 2.94. The van der Waals surface area contributed by atoms with Gasteiger partial charge in [0.15, 0.2) is 0 Å². The van der Waals surface area contributed by atoms with Gasteiger partial charge in [0, 0.05) is 13.1 Å². The van der Waals surface area contributed by atoms with E-state index in [0.29, 0.717) is 13.2 Å². The average molecular weight is 217 g/mol. The Morgan fingerprint density at radius 1 is 1.27 bits per heavy atom. The van der Waals surface area contributed by atoms with Crippen LogP contribution in [0.1, 0.15) is 26.2 Å². The van der Waals surface area contributed by atoms with Gasteiger partial charge in [-0.1, -0.05) is 0 Å². The van der Waals surface area contributed by atoms with E-state index >= 15 is 0 Å². The standard InChI is InChI=1S/C11H23NO3/c1-11(14)3-2-5-12(6-4-11)7-9-15-10-8-13/h13-14H,2-10H2,1H3. The van der Waals surface area contributed by atoms with Gasteiger partial charge >= 0.3 is 0 Å². The second-order valence-electron chi connectivity index (χ2n) is 4.53. The smallest absolute Gasteiger partial charge is 0.0698 e. The van der Waals surface area contributed by atoms with E-state index in [2.05, 4.69) is 4.90 Å². The molecule has 0 radical (unpaired) electrons. The molecule has 0 aliphatic carbocycles. The maximum atomic E-state index is 9.89. The predicted octanol–water partition coefficient (Wildman–Crippen LogP) is 0.232. The first-order valence-corrected chi connectivity index (χ1v) is 5.77. The van der Waals surface area contributed by atoms with Crippen molar-refractivity contribution < 1.29 is 14.9 Å². The van der Waals surface area contributed by atoms with Crippen molar-refractivity contribution in [3.63, 3.8) is 0 Å². The summed E-state index contributed by atoms with van der Waals surface area (Å²) in [6.45, 7) is 5.98. The second-order valence-corrected chi connectivity index (χ2v) is 4.53. The molecule has 4 nitrogen and oxygen atoms in total. The minimum absolute atomic E-state index is 0.0920. The average Bonchev–Trinajstić information content (AvgIpc) is 2.35. The van der Waals surface area contributed by atoms with Gasteiger partial charge < -0.3 is 19.8 Å². The zero-order valence-corrected chi connectivity index (χ0v) is 9.61. The van der Waals surface area contributed by atoms with Crippen LogP contribution in [0.3, 0.4) is 0 Å². The highest BCUT2D eigenvalue weighted by Gasteiger charge is 2.24. The minimum Gasteiger partial charge on any atom is -0.394 e. The highest BCUT2D eigenvalue weighted by molar-refractivity contribution is 4.78. The largest absolute Gasteiger partial charge is 0.394 e. The van der Waals surface area contributed by atoms with Gasteiger partial charge in [-0.3, -0.25) is 0 Å². The molecule has 0 spiro atoms. The lowest BCUT2D eigenvalue weighted by Gasteiger charge is -2.22. The van der Waals surface area contributed by atoms with Crippen LogP contribution in [0.25, 0.3) is 0 Å². The number of aliphatic hydroxyl groups excluding tert-OH is 1. The highest BCUT2D eigenvalue weighted by Crippen LogP contribution is 2.20. The molecular weight excluding hydrogens is 194 g/mol. The number of hydrogen-bond acceptors (Lipinski definition) is 4. The Balaban J connectivity index is 2.14. The molecule has 1 heterocycles. The molecule has 0 aromatic rings. The van der Waals surface area contributed by atoms with Crippen molar-refractivity contribution >= 4 is 0 Å². The van der Waals surface area contributed by atoms with E-state index in [1.165, 1.54) is 0 Å². The molecule has 0 bridgehead atoms. The molecule has 1 rings (SSSR count). The molecule has 1 fully saturated rings. The number of rotatable bonds is 5. The fourth-order valence-corrected chi connectivity index (χ4v) is 1.90. The fourth-order valence-electron chi connectivity index (χ4n) is 1.90. The highest BCUT2D eigenvalue weighted by atomic mass is 16.5. The van der Waals surface area contributed by atoms with Crippen molar-refractivity contribution in [1.82, 2.24) is 4.90 Å². The van der Waals surface area contributed by atoms with Gasteiger partial charge in [-0.25, -0.2) is 0 Å². The molecular formula is C11H23NO3. The summed E-state index contributed by atoms with van der Waals surface area (Å²) < 4.78 is 5.22. The van der Waals surface area contributed by atoms with Crippen LogP contribution in [0.2, 0.25) is 0 Å². The molecule has 1 unspecified atom stereocenters. The van der Waals surface area contributed by atoms with E-state index in [9.17, 15) is 5.11 Å². The number of hydrogen-bond donors (Lipinski definition) is 2. The lowest BCUT2D eigenvalue weighted by atomic mass is 9.98. The summed E-state index contributed by atoms with van der Waals surface area (Å²) in [6, 6.07) is 0. The van der Waals surface area contributed by atoms with Gasteiger partial charge in [0.05, 0.1) is 25.4 Å². The van der Waals surface area contributed by atoms with Crippen molar-refractivity contribution in [2.45, 2.75) is 31.8 Å². The molecule has 2 N–H and O–H groups in total. The van der Waals surface area contributed by atoms with Gasteiger partial charge in [-0.05, 0) is 32.7 Å². The Morgan fingerprint density at radius 3 is 2.80 bits per heavy atom. The van der Waals surface area contributed by atoms with Crippen molar-refractivity contribution in [3.05, 3.63) is 0 Å². The predicted molar refractivity (Wildman–Crippen MR) is 58.8 cm³/mol. The molecule has 4 heteroatoms. The van der Waals surface area contributed by atoms with E-state index in [1.807, 2.05) is 6.92 Å². The maximum Gasteiger partial charge on any atom is 0.0698 e. The van der Waals surface area contributed by atoms with Crippen LogP contribution in [0.5, 0.6) is 0 Å². The van der Waals surface area contributed by atoms with Gasteiger partial charge in [-0.15, -0.1) is 0 Å². The van der Waals surface area contributed by atoms with Crippen molar-refractivity contribution in [2.24, 2.45) is 0 Å². The van der Waals surface area contributed by atoms with E-state index in [1.54, 1.807) is 0 Å². The van der Waals surface area contributed by atoms with Crippen molar-refractivity contribution in [3.8, 4) is 0 Å². The molecule has 0 saturated carbocycles. The molecule has 15 heavy (non-hydrogen) atoms. The SMILES string of the molecule is CC1(O)CCCN(CCOCCO)CC1. The molecule has 1 aliphatic heterocycles. The Bertz CT molecular complexity index is 173. The zero-order valence-electron chi connectivity index (χ0n) is 9.61. The molecule has 0 aromatic heterocycles. The fraction of sp³-hybridized carbons (Fsp3) is 1.00. The van der Waals surface area contributed by atoms with Gasteiger partial charge in [0.1, 0.15) is 0 Å². The van der Waals surface area contributed by atoms with Crippen LogP contribution in [-0.4, -0.2) is 60.2 Å². The van der Waals surface area contributed by atoms with Crippen LogP contribution in [0.15, 0.2) is 0 Å². The topological polar surface area (TPSA) is 52.9 Å². The monoisotopic (exact) mass is 217 g/mol. The number of ether oxygens (including phenoxy) is 1. The van der Waals surface area contributed by atoms with E-state index in [-0.39, 0.29) is 6.61 Å². The first kappa shape index (κ1) is 12.9. The van der Waals surface area contributed by atoms with Crippen LogP contribution < -0.4 is 0 Å². The van der Waals surface area contributed by atoms with Crippen LogP contribution in [-0.2, 0) is 4.74 Å². The third-order valence-electron chi connectivity index (χ3n) is 2.94. The van der Waals surface area contributed by atoms with E-state index < -0.39 is 5.60 Å². The van der Waals surface area contributed by atoms with Crippen LogP contribution in [0, 0.1) is 0 Å². The van der Waals surface area contributed by atoms with Gasteiger partial charge in [0.2, 0.25) is 0 Å². The Kier molecular flexibility index (Phi) is 5.53. The number of likely N-dealkylation sites (tertiary alicyclic amines) is 1. The summed E-state index contributed by atoms with van der Waals surface area (Å²) in [7, 11) is 0. The molecule has 1 aliphatic rings. The van der Waals surface area contributed by atoms with Gasteiger partial charge in [-0.2, -0.15) is 0 Å². The first-order valence-electron chi connectivity index (χ1n) is 5.77. The lowest BCUT2D eigenvalue weighted by molar-refractivity contribution is 0.0416. The van der Waals surface area contributed by atoms with E-state index in [0.717, 1.165) is 38.9 Å². The quantitative estimate of drug-likeness (QED) is 0.647. The summed E-state index contributed by atoms with van der Waals surface area (Å²) in [5.41, 5.74) is -0.485. The van der Waals surface area contributed by atoms with E-state index in [4.69, 9.17) is 9.84 Å². The van der Waals surface area contributed by atoms with Crippen LogP contribution in [0.4, 0.5) is 0 Å². The minimum atomic E-state index is -0.485. The Morgan fingerprint density at radius 2 is 2.07 bits per heavy atom. The summed E-state index contributed by atoms with van der Waals surface area (Å²) in [5, 5.41) is 18.4. The third kappa shape index (κ3) is 5.47.